The van der Waals surface area contributed by atoms with Gasteiger partial charge in [-0.15, -0.1) is 6.42 Å². The van der Waals surface area contributed by atoms with E-state index in [4.69, 9.17) is 15.6 Å². The Balaban J connectivity index is 3.32. The van der Waals surface area contributed by atoms with Gasteiger partial charge in [-0.05, 0) is 50.4 Å². The molecule has 0 spiro atoms. The first-order valence-electron chi connectivity index (χ1n) is 8.25. The SMILES string of the molecule is C#CC1(O[Si](C)(C)C(C)(C)C)CCC(=C\C)/C1=C\C(=O)OCC. The largest absolute Gasteiger partial charge is 0.463 e. The molecule has 0 aromatic heterocycles. The van der Waals surface area contributed by atoms with Crippen LogP contribution >= 0.6 is 0 Å². The summed E-state index contributed by atoms with van der Waals surface area (Å²) in [7, 11) is -2.08. The minimum Gasteiger partial charge on any atom is -0.463 e. The molecule has 0 saturated heterocycles. The second-order valence-electron chi connectivity index (χ2n) is 7.46. The molecule has 0 amide bonds. The van der Waals surface area contributed by atoms with E-state index in [1.54, 1.807) is 6.92 Å². The highest BCUT2D eigenvalue weighted by atomic mass is 28.4. The van der Waals surface area contributed by atoms with E-state index < -0.39 is 13.9 Å². The molecule has 0 aromatic rings. The lowest BCUT2D eigenvalue weighted by molar-refractivity contribution is -0.137. The van der Waals surface area contributed by atoms with E-state index in [0.29, 0.717) is 13.0 Å². The van der Waals surface area contributed by atoms with Crippen LogP contribution < -0.4 is 0 Å². The second-order valence-corrected chi connectivity index (χ2v) is 12.2. The van der Waals surface area contributed by atoms with Gasteiger partial charge in [0.25, 0.3) is 0 Å². The maximum Gasteiger partial charge on any atom is 0.331 e. The van der Waals surface area contributed by atoms with Gasteiger partial charge in [0.1, 0.15) is 5.60 Å². The van der Waals surface area contributed by atoms with Crippen molar-refractivity contribution in [1.82, 2.24) is 0 Å². The lowest BCUT2D eigenvalue weighted by Crippen LogP contribution is -2.49. The first kappa shape index (κ1) is 19.7. The number of carbonyl (C=O) groups is 1. The molecule has 0 bridgehead atoms. The molecule has 0 radical (unpaired) electrons. The lowest BCUT2D eigenvalue weighted by atomic mass is 9.96. The number of ether oxygens (including phenoxy) is 1. The van der Waals surface area contributed by atoms with E-state index in [-0.39, 0.29) is 11.0 Å². The fraction of sp³-hybridized carbons (Fsp3) is 0.632. The topological polar surface area (TPSA) is 35.5 Å². The highest BCUT2D eigenvalue weighted by Crippen LogP contribution is 2.47. The molecule has 0 N–H and O–H groups in total. The smallest absolute Gasteiger partial charge is 0.331 e. The zero-order chi connectivity index (χ0) is 17.9. The molecule has 1 unspecified atom stereocenters. The summed E-state index contributed by atoms with van der Waals surface area (Å²) in [5, 5.41) is 0.0462. The Morgan fingerprint density at radius 2 is 2.04 bits per heavy atom. The number of rotatable bonds is 4. The number of terminal acetylenes is 1. The standard InChI is InChI=1S/C19H30O3Si/c1-9-15-12-13-19(10-2,16(15)14-17(20)21-11-3)22-23(7,8)18(4,5)6/h2,9,14H,11-13H2,1,3-8H3/b15-9+,16-14+. The number of hydrogen-bond donors (Lipinski definition) is 0. The fourth-order valence-electron chi connectivity index (χ4n) is 2.52. The Morgan fingerprint density at radius 1 is 1.43 bits per heavy atom. The molecule has 0 aliphatic heterocycles. The molecule has 0 aromatic carbocycles. The summed E-state index contributed by atoms with van der Waals surface area (Å²) in [6.45, 7) is 15.0. The summed E-state index contributed by atoms with van der Waals surface area (Å²) in [6.07, 6.45) is 11.0. The molecule has 128 valence electrons. The maximum absolute atomic E-state index is 12.0. The van der Waals surface area contributed by atoms with Gasteiger partial charge in [0.05, 0.1) is 6.61 Å². The highest BCUT2D eigenvalue weighted by Gasteiger charge is 2.49. The molecule has 1 saturated carbocycles. The van der Waals surface area contributed by atoms with Gasteiger partial charge in [-0.1, -0.05) is 32.8 Å². The predicted octanol–water partition coefficient (Wildman–Crippen LogP) is 4.61. The molecule has 1 rings (SSSR count). The predicted molar refractivity (Wildman–Crippen MR) is 97.6 cm³/mol. The van der Waals surface area contributed by atoms with Crippen LogP contribution in [0.5, 0.6) is 0 Å². The van der Waals surface area contributed by atoms with Crippen molar-refractivity contribution in [3.05, 3.63) is 23.3 Å². The Morgan fingerprint density at radius 3 is 2.48 bits per heavy atom. The van der Waals surface area contributed by atoms with Crippen LogP contribution in [0.4, 0.5) is 0 Å². The zero-order valence-corrected chi connectivity index (χ0v) is 16.6. The van der Waals surface area contributed by atoms with E-state index in [9.17, 15) is 4.79 Å². The Labute approximate surface area is 142 Å². The molecule has 3 nitrogen and oxygen atoms in total. The van der Waals surface area contributed by atoms with E-state index in [1.807, 2.05) is 13.0 Å². The Kier molecular flexibility index (Phi) is 6.06. The van der Waals surface area contributed by atoms with Gasteiger partial charge in [0, 0.05) is 11.6 Å². The average Bonchev–Trinajstić information content (AvgIpc) is 2.76. The summed E-state index contributed by atoms with van der Waals surface area (Å²) in [5.41, 5.74) is 1.05. The van der Waals surface area contributed by atoms with E-state index in [2.05, 4.69) is 39.8 Å². The monoisotopic (exact) mass is 334 g/mol. The third-order valence-electron chi connectivity index (χ3n) is 4.89. The average molecular weight is 335 g/mol. The van der Waals surface area contributed by atoms with Crippen LogP contribution in [0, 0.1) is 12.3 Å². The third kappa shape index (κ3) is 4.16. The summed E-state index contributed by atoms with van der Waals surface area (Å²) < 4.78 is 11.7. The normalized spacial score (nSPS) is 25.7. The number of carbonyl (C=O) groups excluding carboxylic acids is 1. The van der Waals surface area contributed by atoms with E-state index in [0.717, 1.165) is 17.6 Å². The fourth-order valence-corrected chi connectivity index (χ4v) is 3.97. The first-order chi connectivity index (χ1) is 10.5. The van der Waals surface area contributed by atoms with Crippen LogP contribution in [0.15, 0.2) is 23.3 Å². The molecule has 23 heavy (non-hydrogen) atoms. The second kappa shape index (κ2) is 7.07. The van der Waals surface area contributed by atoms with E-state index in [1.165, 1.54) is 6.08 Å². The summed E-state index contributed by atoms with van der Waals surface area (Å²) in [4.78, 5) is 12.0. The van der Waals surface area contributed by atoms with Crippen LogP contribution in [-0.4, -0.2) is 26.5 Å². The maximum atomic E-state index is 12.0. The molecular weight excluding hydrogens is 304 g/mol. The number of hydrogen-bond acceptors (Lipinski definition) is 3. The van der Waals surface area contributed by atoms with Gasteiger partial charge in [-0.2, -0.15) is 0 Å². The molecule has 1 atom stereocenters. The first-order valence-corrected chi connectivity index (χ1v) is 11.2. The van der Waals surface area contributed by atoms with Crippen LogP contribution in [0.2, 0.25) is 18.1 Å². The van der Waals surface area contributed by atoms with Gasteiger partial charge < -0.3 is 9.16 Å². The van der Waals surface area contributed by atoms with Gasteiger partial charge in [0.2, 0.25) is 0 Å². The Bertz CT molecular complexity index is 558. The van der Waals surface area contributed by atoms with Crippen LogP contribution in [0.1, 0.15) is 47.5 Å². The molecule has 0 heterocycles. The summed E-state index contributed by atoms with van der Waals surface area (Å²) in [5.74, 6) is 2.50. The van der Waals surface area contributed by atoms with Crippen LogP contribution in [-0.2, 0) is 14.0 Å². The van der Waals surface area contributed by atoms with Gasteiger partial charge in [-0.25, -0.2) is 4.79 Å². The quantitative estimate of drug-likeness (QED) is 0.326. The van der Waals surface area contributed by atoms with Crippen molar-refractivity contribution in [3.63, 3.8) is 0 Å². The van der Waals surface area contributed by atoms with Gasteiger partial charge in [0.15, 0.2) is 8.32 Å². The number of allylic oxidation sites excluding steroid dienone is 1. The molecule has 1 fully saturated rings. The van der Waals surface area contributed by atoms with E-state index >= 15 is 0 Å². The van der Waals surface area contributed by atoms with Crippen molar-refractivity contribution >= 4 is 14.3 Å². The Hall–Kier alpha value is -1.31. The molecule has 4 heteroatoms. The molecule has 1 aliphatic carbocycles. The molecule has 1 aliphatic rings. The van der Waals surface area contributed by atoms with Crippen molar-refractivity contribution in [2.45, 2.75) is 71.2 Å². The summed E-state index contributed by atoms with van der Waals surface area (Å²) >= 11 is 0. The lowest BCUT2D eigenvalue weighted by Gasteiger charge is -2.42. The summed E-state index contributed by atoms with van der Waals surface area (Å²) in [6, 6.07) is 0. The van der Waals surface area contributed by atoms with Crippen molar-refractivity contribution in [2.75, 3.05) is 6.61 Å². The van der Waals surface area contributed by atoms with Crippen molar-refractivity contribution < 1.29 is 14.0 Å². The van der Waals surface area contributed by atoms with Crippen LogP contribution in [0.3, 0.4) is 0 Å². The molecular formula is C19H30O3Si. The van der Waals surface area contributed by atoms with Crippen molar-refractivity contribution in [1.29, 1.82) is 0 Å². The number of esters is 1. The third-order valence-corrected chi connectivity index (χ3v) is 9.36. The highest BCUT2D eigenvalue weighted by molar-refractivity contribution is 6.74. The van der Waals surface area contributed by atoms with Gasteiger partial charge in [-0.3, -0.25) is 0 Å². The minimum absolute atomic E-state index is 0.0462. The minimum atomic E-state index is -2.08. The van der Waals surface area contributed by atoms with Crippen LogP contribution in [0.25, 0.3) is 0 Å². The zero-order valence-electron chi connectivity index (χ0n) is 15.6. The van der Waals surface area contributed by atoms with Crippen molar-refractivity contribution in [2.24, 2.45) is 0 Å². The van der Waals surface area contributed by atoms with Gasteiger partial charge >= 0.3 is 5.97 Å². The van der Waals surface area contributed by atoms with Crippen molar-refractivity contribution in [3.8, 4) is 12.3 Å².